The molecule has 134 valence electrons. The van der Waals surface area contributed by atoms with Gasteiger partial charge >= 0.3 is 0 Å². The lowest BCUT2D eigenvalue weighted by Crippen LogP contribution is -2.39. The molecule has 2 aromatic carbocycles. The van der Waals surface area contributed by atoms with Crippen molar-refractivity contribution in [3.63, 3.8) is 0 Å². The first-order chi connectivity index (χ1) is 12.8. The quantitative estimate of drug-likeness (QED) is 0.694. The van der Waals surface area contributed by atoms with Gasteiger partial charge in [0.1, 0.15) is 17.6 Å². The van der Waals surface area contributed by atoms with Crippen molar-refractivity contribution in [1.82, 2.24) is 10.2 Å². The molecule has 6 nitrogen and oxygen atoms in total. The molecule has 0 radical (unpaired) electrons. The van der Waals surface area contributed by atoms with Crippen LogP contribution in [0, 0.1) is 0 Å². The Morgan fingerprint density at radius 1 is 1.12 bits per heavy atom. The fraction of sp³-hybridized carbons (Fsp3) is 0.300. The van der Waals surface area contributed by atoms with E-state index in [1.54, 1.807) is 7.11 Å². The van der Waals surface area contributed by atoms with Crippen LogP contribution in [0.2, 0.25) is 0 Å². The maximum atomic E-state index is 6.03. The van der Waals surface area contributed by atoms with Crippen molar-refractivity contribution in [2.45, 2.75) is 26.0 Å². The maximum absolute atomic E-state index is 6.03. The summed E-state index contributed by atoms with van der Waals surface area (Å²) in [5.74, 6) is 2.64. The predicted octanol–water partition coefficient (Wildman–Crippen LogP) is 3.92. The summed E-state index contributed by atoms with van der Waals surface area (Å²) < 4.78 is 17.3. The smallest absolute Gasteiger partial charge is 0.251 e. The van der Waals surface area contributed by atoms with Crippen LogP contribution in [-0.2, 0) is 6.54 Å². The molecule has 26 heavy (non-hydrogen) atoms. The van der Waals surface area contributed by atoms with Gasteiger partial charge in [0, 0.05) is 0 Å². The molecule has 0 bridgehead atoms. The van der Waals surface area contributed by atoms with E-state index in [0.29, 0.717) is 24.1 Å². The lowest BCUT2D eigenvalue weighted by Gasteiger charge is -2.35. The lowest BCUT2D eigenvalue weighted by atomic mass is 10.1. The summed E-state index contributed by atoms with van der Waals surface area (Å²) in [4.78, 5) is 2.23. The van der Waals surface area contributed by atoms with Crippen LogP contribution in [0.1, 0.15) is 19.2 Å². The third-order valence-electron chi connectivity index (χ3n) is 4.51. The standard InChI is InChI=1S/C20H21N3O3/c1-3-14-12-23(16-9-5-7-11-18(16)25-14)13-19-21-22-20(26-19)15-8-4-6-10-17(15)24-2/h4-11,14H,3,12-13H2,1-2H3. The number of methoxy groups -OCH3 is 1. The Morgan fingerprint density at radius 2 is 1.92 bits per heavy atom. The summed E-state index contributed by atoms with van der Waals surface area (Å²) in [6, 6.07) is 15.7. The number of para-hydroxylation sites is 3. The summed E-state index contributed by atoms with van der Waals surface area (Å²) in [7, 11) is 1.63. The van der Waals surface area contributed by atoms with E-state index >= 15 is 0 Å². The van der Waals surface area contributed by atoms with E-state index in [0.717, 1.165) is 30.0 Å². The van der Waals surface area contributed by atoms with Gasteiger partial charge in [-0.1, -0.05) is 31.2 Å². The molecule has 4 rings (SSSR count). The molecule has 2 heterocycles. The number of ether oxygens (including phenoxy) is 2. The first-order valence-corrected chi connectivity index (χ1v) is 8.75. The van der Waals surface area contributed by atoms with E-state index < -0.39 is 0 Å². The Hall–Kier alpha value is -3.02. The molecule has 1 aliphatic rings. The van der Waals surface area contributed by atoms with E-state index in [2.05, 4.69) is 28.1 Å². The van der Waals surface area contributed by atoms with E-state index in [9.17, 15) is 0 Å². The number of nitrogens with zero attached hydrogens (tertiary/aromatic N) is 3. The van der Waals surface area contributed by atoms with Crippen LogP contribution in [0.4, 0.5) is 5.69 Å². The predicted molar refractivity (Wildman–Crippen MR) is 98.5 cm³/mol. The van der Waals surface area contributed by atoms with Crippen molar-refractivity contribution in [3.8, 4) is 23.0 Å². The summed E-state index contributed by atoms with van der Waals surface area (Å²) in [6.07, 6.45) is 1.10. The molecule has 0 saturated carbocycles. The van der Waals surface area contributed by atoms with Crippen LogP contribution in [-0.4, -0.2) is 30.0 Å². The molecule has 1 atom stereocenters. The van der Waals surface area contributed by atoms with Crippen LogP contribution in [0.3, 0.4) is 0 Å². The van der Waals surface area contributed by atoms with Crippen molar-refractivity contribution >= 4 is 5.69 Å². The number of aromatic nitrogens is 2. The summed E-state index contributed by atoms with van der Waals surface area (Å²) >= 11 is 0. The topological polar surface area (TPSA) is 60.6 Å². The van der Waals surface area contributed by atoms with Crippen LogP contribution in [0.15, 0.2) is 52.9 Å². The average molecular weight is 351 g/mol. The molecule has 0 spiro atoms. The number of rotatable bonds is 5. The minimum absolute atomic E-state index is 0.154. The maximum Gasteiger partial charge on any atom is 0.251 e. The molecule has 1 unspecified atom stereocenters. The molecular weight excluding hydrogens is 330 g/mol. The molecule has 3 aromatic rings. The fourth-order valence-corrected chi connectivity index (χ4v) is 3.15. The van der Waals surface area contributed by atoms with Gasteiger partial charge in [0.25, 0.3) is 5.89 Å². The highest BCUT2D eigenvalue weighted by Crippen LogP contribution is 2.35. The Kier molecular flexibility index (Phi) is 4.48. The van der Waals surface area contributed by atoms with E-state index in [1.807, 2.05) is 42.5 Å². The highest BCUT2D eigenvalue weighted by molar-refractivity contribution is 5.62. The third kappa shape index (κ3) is 3.10. The molecule has 6 heteroatoms. The minimum Gasteiger partial charge on any atom is -0.496 e. The van der Waals surface area contributed by atoms with Gasteiger partial charge < -0.3 is 18.8 Å². The number of anilines is 1. The first-order valence-electron chi connectivity index (χ1n) is 8.75. The Bertz CT molecular complexity index is 893. The van der Waals surface area contributed by atoms with Gasteiger partial charge in [-0.2, -0.15) is 0 Å². The van der Waals surface area contributed by atoms with Gasteiger partial charge in [0.2, 0.25) is 5.89 Å². The Labute approximate surface area is 152 Å². The summed E-state index contributed by atoms with van der Waals surface area (Å²) in [5, 5.41) is 8.43. The zero-order valence-corrected chi connectivity index (χ0v) is 14.9. The number of fused-ring (bicyclic) bond motifs is 1. The van der Waals surface area contributed by atoms with E-state index in [-0.39, 0.29) is 6.10 Å². The van der Waals surface area contributed by atoms with Crippen molar-refractivity contribution < 1.29 is 13.9 Å². The third-order valence-corrected chi connectivity index (χ3v) is 4.51. The van der Waals surface area contributed by atoms with Crippen molar-refractivity contribution in [2.75, 3.05) is 18.6 Å². The summed E-state index contributed by atoms with van der Waals surface area (Å²) in [6.45, 7) is 3.46. The van der Waals surface area contributed by atoms with Gasteiger partial charge in [0.05, 0.1) is 31.5 Å². The highest BCUT2D eigenvalue weighted by atomic mass is 16.5. The van der Waals surface area contributed by atoms with Crippen LogP contribution < -0.4 is 14.4 Å². The Morgan fingerprint density at radius 3 is 2.77 bits per heavy atom. The number of hydrogen-bond acceptors (Lipinski definition) is 6. The largest absolute Gasteiger partial charge is 0.496 e. The van der Waals surface area contributed by atoms with Crippen molar-refractivity contribution in [2.24, 2.45) is 0 Å². The lowest BCUT2D eigenvalue weighted by molar-refractivity contribution is 0.187. The van der Waals surface area contributed by atoms with Crippen LogP contribution >= 0.6 is 0 Å². The molecule has 0 amide bonds. The first kappa shape index (κ1) is 16.4. The Balaban J connectivity index is 1.60. The molecule has 1 aromatic heterocycles. The number of hydrogen-bond donors (Lipinski definition) is 0. The van der Waals surface area contributed by atoms with Gasteiger partial charge in [-0.05, 0) is 30.7 Å². The SMILES string of the molecule is CCC1CN(Cc2nnc(-c3ccccc3OC)o2)c2ccccc2O1. The van der Waals surface area contributed by atoms with Crippen LogP contribution in [0.25, 0.3) is 11.5 Å². The van der Waals surface area contributed by atoms with Gasteiger partial charge in [-0.3, -0.25) is 0 Å². The molecule has 0 fully saturated rings. The van der Waals surface area contributed by atoms with E-state index in [1.165, 1.54) is 0 Å². The fourth-order valence-electron chi connectivity index (χ4n) is 3.15. The van der Waals surface area contributed by atoms with Gasteiger partial charge in [-0.15, -0.1) is 10.2 Å². The summed E-state index contributed by atoms with van der Waals surface area (Å²) in [5.41, 5.74) is 1.84. The zero-order chi connectivity index (χ0) is 17.9. The average Bonchev–Trinajstić information content (AvgIpc) is 3.16. The van der Waals surface area contributed by atoms with Crippen molar-refractivity contribution in [1.29, 1.82) is 0 Å². The van der Waals surface area contributed by atoms with Gasteiger partial charge in [0.15, 0.2) is 0 Å². The normalized spacial score (nSPS) is 16.1. The molecule has 0 N–H and O–H groups in total. The minimum atomic E-state index is 0.154. The molecular formula is C20H21N3O3. The van der Waals surface area contributed by atoms with Gasteiger partial charge in [-0.25, -0.2) is 0 Å². The molecule has 1 aliphatic heterocycles. The second-order valence-corrected chi connectivity index (χ2v) is 6.20. The molecule has 0 saturated heterocycles. The zero-order valence-electron chi connectivity index (χ0n) is 14.9. The van der Waals surface area contributed by atoms with Crippen molar-refractivity contribution in [3.05, 3.63) is 54.4 Å². The highest BCUT2D eigenvalue weighted by Gasteiger charge is 2.26. The number of benzene rings is 2. The van der Waals surface area contributed by atoms with Crippen LogP contribution in [0.5, 0.6) is 11.5 Å². The second-order valence-electron chi connectivity index (χ2n) is 6.20. The monoisotopic (exact) mass is 351 g/mol. The molecule has 0 aliphatic carbocycles. The van der Waals surface area contributed by atoms with E-state index in [4.69, 9.17) is 13.9 Å². The second kappa shape index (κ2) is 7.07.